The monoisotopic (exact) mass is 323 g/mol. The van der Waals surface area contributed by atoms with Gasteiger partial charge in [0.05, 0.1) is 12.2 Å². The van der Waals surface area contributed by atoms with Gasteiger partial charge in [-0.15, -0.1) is 0 Å². The van der Waals surface area contributed by atoms with Crippen molar-refractivity contribution in [1.29, 1.82) is 0 Å². The molecule has 0 spiro atoms. The summed E-state index contributed by atoms with van der Waals surface area (Å²) >= 11 is 0. The molecule has 2 aromatic carbocycles. The first-order valence-electron chi connectivity index (χ1n) is 6.51. The van der Waals surface area contributed by atoms with Crippen molar-refractivity contribution < 1.29 is 27.2 Å². The van der Waals surface area contributed by atoms with Gasteiger partial charge in [-0.05, 0) is 36.4 Å². The average molecular weight is 323 g/mol. The van der Waals surface area contributed by atoms with Gasteiger partial charge in [0.2, 0.25) is 0 Å². The molecule has 0 aliphatic heterocycles. The largest absolute Gasteiger partial charge is 0.391 e. The van der Waals surface area contributed by atoms with E-state index in [1.807, 2.05) is 0 Å². The van der Waals surface area contributed by atoms with Gasteiger partial charge in [0, 0.05) is 11.1 Å². The molecule has 7 heteroatoms. The van der Waals surface area contributed by atoms with Crippen LogP contribution in [0.3, 0.4) is 0 Å². The molecule has 0 radical (unpaired) electrons. The first kappa shape index (κ1) is 15.2. The van der Waals surface area contributed by atoms with Gasteiger partial charge >= 0.3 is 0 Å². The lowest BCUT2D eigenvalue weighted by Crippen LogP contribution is -1.92. The molecule has 1 N–H and O–H groups in total. The minimum absolute atomic E-state index is 0.0196. The zero-order valence-electron chi connectivity index (χ0n) is 11.5. The summed E-state index contributed by atoms with van der Waals surface area (Å²) < 4.78 is 57.8. The molecule has 118 valence electrons. The summed E-state index contributed by atoms with van der Waals surface area (Å²) in [7, 11) is 0. The Morgan fingerprint density at radius 2 is 1.39 bits per heavy atom. The Morgan fingerprint density at radius 1 is 0.826 bits per heavy atom. The number of aliphatic hydroxyl groups excluding tert-OH is 1. The molecule has 23 heavy (non-hydrogen) atoms. The van der Waals surface area contributed by atoms with Crippen molar-refractivity contribution in [1.82, 2.24) is 5.16 Å². The summed E-state index contributed by atoms with van der Waals surface area (Å²) in [4.78, 5) is 0. The normalized spacial score (nSPS) is 11.0. The number of rotatable bonds is 3. The van der Waals surface area contributed by atoms with E-state index < -0.39 is 29.9 Å². The van der Waals surface area contributed by atoms with Crippen molar-refractivity contribution in [3.05, 3.63) is 65.2 Å². The molecule has 0 aliphatic rings. The van der Waals surface area contributed by atoms with Crippen molar-refractivity contribution >= 4 is 0 Å². The summed E-state index contributed by atoms with van der Waals surface area (Å²) in [5.41, 5.74) is 0.591. The van der Waals surface area contributed by atoms with E-state index in [-0.39, 0.29) is 28.1 Å². The number of aliphatic hydroxyl groups is 1. The molecule has 3 aromatic rings. The predicted molar refractivity (Wildman–Crippen MR) is 73.1 cm³/mol. The van der Waals surface area contributed by atoms with Crippen LogP contribution in [0, 0.1) is 23.3 Å². The molecule has 3 nitrogen and oxygen atoms in total. The van der Waals surface area contributed by atoms with Crippen LogP contribution < -0.4 is 0 Å². The molecule has 0 aliphatic carbocycles. The van der Waals surface area contributed by atoms with Gasteiger partial charge in [0.15, 0.2) is 29.0 Å². The van der Waals surface area contributed by atoms with Crippen LogP contribution in [0.5, 0.6) is 0 Å². The molecule has 0 bridgehead atoms. The Kier molecular flexibility index (Phi) is 3.87. The van der Waals surface area contributed by atoms with Crippen LogP contribution in [0.15, 0.2) is 40.9 Å². The maximum Gasteiger partial charge on any atom is 0.173 e. The van der Waals surface area contributed by atoms with Crippen LogP contribution in [-0.2, 0) is 6.61 Å². The zero-order valence-corrected chi connectivity index (χ0v) is 11.5. The standard InChI is InChI=1S/C16H9F4NO2/c17-11-3-1-8(5-13(11)19)15-10(7-22)16(23-21-15)9-2-4-12(18)14(20)6-9/h1-6,22H,7H2. The van der Waals surface area contributed by atoms with Crippen molar-refractivity contribution in [2.24, 2.45) is 0 Å². The highest BCUT2D eigenvalue weighted by molar-refractivity contribution is 5.72. The lowest BCUT2D eigenvalue weighted by atomic mass is 10.0. The minimum Gasteiger partial charge on any atom is -0.391 e. The summed E-state index contributed by atoms with van der Waals surface area (Å²) in [6, 6.07) is 6.15. The number of hydrogen-bond donors (Lipinski definition) is 1. The molecular weight excluding hydrogens is 314 g/mol. The van der Waals surface area contributed by atoms with Gasteiger partial charge in [-0.2, -0.15) is 0 Å². The smallest absolute Gasteiger partial charge is 0.173 e. The predicted octanol–water partition coefficient (Wildman–Crippen LogP) is 4.06. The number of benzene rings is 2. The summed E-state index contributed by atoms with van der Waals surface area (Å²) in [5.74, 6) is -4.20. The maximum absolute atomic E-state index is 13.3. The molecule has 1 aromatic heterocycles. The molecule has 0 unspecified atom stereocenters. The van der Waals surface area contributed by atoms with Crippen molar-refractivity contribution in [3.63, 3.8) is 0 Å². The number of aromatic nitrogens is 1. The first-order valence-corrected chi connectivity index (χ1v) is 6.51. The fourth-order valence-corrected chi connectivity index (χ4v) is 2.19. The van der Waals surface area contributed by atoms with Crippen LogP contribution in [0.2, 0.25) is 0 Å². The molecule has 0 atom stereocenters. The Hall–Kier alpha value is -2.67. The summed E-state index contributed by atoms with van der Waals surface area (Å²) in [6.45, 7) is -0.536. The van der Waals surface area contributed by atoms with E-state index in [2.05, 4.69) is 5.16 Å². The SMILES string of the molecule is OCc1c(-c2ccc(F)c(F)c2)noc1-c1ccc(F)c(F)c1. The van der Waals surface area contributed by atoms with Crippen LogP contribution in [-0.4, -0.2) is 10.3 Å². The molecule has 0 saturated carbocycles. The van der Waals surface area contributed by atoms with E-state index in [1.165, 1.54) is 12.1 Å². The Bertz CT molecular complexity index is 808. The third kappa shape index (κ3) is 2.70. The Labute approximate surface area is 127 Å². The van der Waals surface area contributed by atoms with Gasteiger partial charge < -0.3 is 9.63 Å². The van der Waals surface area contributed by atoms with Crippen molar-refractivity contribution in [2.75, 3.05) is 0 Å². The lowest BCUT2D eigenvalue weighted by Gasteiger charge is -2.03. The molecular formula is C16H9F4NO2. The van der Waals surface area contributed by atoms with Crippen molar-refractivity contribution in [3.8, 4) is 22.6 Å². The van der Waals surface area contributed by atoms with Crippen molar-refractivity contribution in [2.45, 2.75) is 6.61 Å². The fourth-order valence-electron chi connectivity index (χ4n) is 2.19. The number of hydrogen-bond acceptors (Lipinski definition) is 3. The van der Waals surface area contributed by atoms with Gasteiger partial charge in [0.1, 0.15) is 5.69 Å². The van der Waals surface area contributed by atoms with Gasteiger partial charge in [-0.3, -0.25) is 0 Å². The second-order valence-electron chi connectivity index (χ2n) is 4.75. The van der Waals surface area contributed by atoms with E-state index in [4.69, 9.17) is 4.52 Å². The third-order valence-corrected chi connectivity index (χ3v) is 3.32. The summed E-state index contributed by atoms with van der Waals surface area (Å²) in [5, 5.41) is 13.2. The third-order valence-electron chi connectivity index (χ3n) is 3.32. The Morgan fingerprint density at radius 3 is 1.96 bits per heavy atom. The second-order valence-corrected chi connectivity index (χ2v) is 4.75. The van der Waals surface area contributed by atoms with Crippen LogP contribution in [0.25, 0.3) is 22.6 Å². The quantitative estimate of drug-likeness (QED) is 0.740. The molecule has 0 saturated heterocycles. The minimum atomic E-state index is -1.09. The molecule has 0 fully saturated rings. The summed E-state index contributed by atoms with van der Waals surface area (Å²) in [6.07, 6.45) is 0. The number of halogens is 4. The Balaban J connectivity index is 2.12. The molecule has 3 rings (SSSR count). The number of nitrogens with zero attached hydrogens (tertiary/aromatic N) is 1. The van der Waals surface area contributed by atoms with E-state index in [9.17, 15) is 22.7 Å². The van der Waals surface area contributed by atoms with Crippen LogP contribution in [0.4, 0.5) is 17.6 Å². The highest BCUT2D eigenvalue weighted by Gasteiger charge is 2.20. The van der Waals surface area contributed by atoms with Crippen LogP contribution >= 0.6 is 0 Å². The zero-order chi connectivity index (χ0) is 16.6. The van der Waals surface area contributed by atoms with Gasteiger partial charge in [0.25, 0.3) is 0 Å². The van der Waals surface area contributed by atoms with Gasteiger partial charge in [-0.1, -0.05) is 5.16 Å². The first-order chi connectivity index (χ1) is 11.0. The molecule has 1 heterocycles. The highest BCUT2D eigenvalue weighted by Crippen LogP contribution is 2.33. The lowest BCUT2D eigenvalue weighted by molar-refractivity contribution is 0.281. The van der Waals surface area contributed by atoms with Crippen LogP contribution in [0.1, 0.15) is 5.56 Å². The maximum atomic E-state index is 13.3. The fraction of sp³-hybridized carbons (Fsp3) is 0.0625. The van der Waals surface area contributed by atoms with E-state index in [0.29, 0.717) is 0 Å². The average Bonchev–Trinajstić information content (AvgIpc) is 2.96. The van der Waals surface area contributed by atoms with E-state index in [1.54, 1.807) is 0 Å². The highest BCUT2D eigenvalue weighted by atomic mass is 19.2. The van der Waals surface area contributed by atoms with Gasteiger partial charge in [-0.25, -0.2) is 17.6 Å². The topological polar surface area (TPSA) is 46.3 Å². The van der Waals surface area contributed by atoms with E-state index >= 15 is 0 Å². The molecule has 0 amide bonds. The second kappa shape index (κ2) is 5.85. The van der Waals surface area contributed by atoms with E-state index in [0.717, 1.165) is 24.3 Å².